The van der Waals surface area contributed by atoms with E-state index in [9.17, 15) is 0 Å². The van der Waals surface area contributed by atoms with E-state index in [-0.39, 0.29) is 0 Å². The third-order valence-corrected chi connectivity index (χ3v) is 14.2. The van der Waals surface area contributed by atoms with Crippen LogP contribution in [0.4, 0.5) is 0 Å². The van der Waals surface area contributed by atoms with Crippen molar-refractivity contribution in [3.8, 4) is 44.5 Å². The second-order valence-corrected chi connectivity index (χ2v) is 17.5. The first-order valence-corrected chi connectivity index (χ1v) is 22.3. The largest absolute Gasteiger partial charge is 0.0616 e. The van der Waals surface area contributed by atoms with Crippen molar-refractivity contribution in [1.82, 2.24) is 0 Å². The van der Waals surface area contributed by atoms with Crippen LogP contribution in [0.1, 0.15) is 0 Å². The Kier molecular flexibility index (Phi) is 7.49. The maximum absolute atomic E-state index is 2.44. The minimum atomic E-state index is 1.24. The monoisotopic (exact) mass is 806 g/mol. The fourth-order valence-electron chi connectivity index (χ4n) is 11.2. The van der Waals surface area contributed by atoms with Crippen LogP contribution in [-0.2, 0) is 0 Å². The van der Waals surface area contributed by atoms with Gasteiger partial charge in [0.15, 0.2) is 0 Å². The van der Waals surface area contributed by atoms with E-state index in [1.54, 1.807) is 0 Å². The molecule has 14 aromatic carbocycles. The fourth-order valence-corrected chi connectivity index (χ4v) is 11.2. The number of hydrogen-bond donors (Lipinski definition) is 0. The number of fused-ring (bicyclic) bond motifs is 8. The second kappa shape index (κ2) is 13.6. The highest BCUT2D eigenvalue weighted by atomic mass is 14.2. The SMILES string of the molecule is c1ccc2c(-c3ccc4c(c3)cc(-c3ccc5ccc6c(-c7cc8cc(-c9cccc%10ccccc9%10)ccc8c8ccccc78)ccc7ccc3c5c76)c3ccccc34)cccc2c1. The van der Waals surface area contributed by atoms with Crippen LogP contribution < -0.4 is 0 Å². The Labute approximate surface area is 370 Å². The first-order valence-electron chi connectivity index (χ1n) is 22.3. The lowest BCUT2D eigenvalue weighted by molar-refractivity contribution is 1.68. The van der Waals surface area contributed by atoms with Gasteiger partial charge in [-0.2, -0.15) is 0 Å². The van der Waals surface area contributed by atoms with Crippen molar-refractivity contribution < 1.29 is 0 Å². The summed E-state index contributed by atoms with van der Waals surface area (Å²) < 4.78 is 0. The van der Waals surface area contributed by atoms with Gasteiger partial charge in [0.25, 0.3) is 0 Å². The van der Waals surface area contributed by atoms with Crippen molar-refractivity contribution in [2.24, 2.45) is 0 Å². The minimum absolute atomic E-state index is 1.24. The smallest absolute Gasteiger partial charge is 0.00203 e. The van der Waals surface area contributed by atoms with E-state index in [1.807, 2.05) is 0 Å². The quantitative estimate of drug-likeness (QED) is 0.155. The summed E-state index contributed by atoms with van der Waals surface area (Å²) in [6.07, 6.45) is 0. The van der Waals surface area contributed by atoms with Crippen LogP contribution in [0.15, 0.2) is 231 Å². The Bertz CT molecular complexity index is 3960. The van der Waals surface area contributed by atoms with Gasteiger partial charge in [-0.3, -0.25) is 0 Å². The molecule has 0 atom stereocenters. The van der Waals surface area contributed by atoms with Crippen LogP contribution in [0.25, 0.3) is 141 Å². The first-order chi connectivity index (χ1) is 31.7. The minimum Gasteiger partial charge on any atom is -0.0616 e. The van der Waals surface area contributed by atoms with Crippen molar-refractivity contribution in [3.63, 3.8) is 0 Å². The van der Waals surface area contributed by atoms with Crippen LogP contribution >= 0.6 is 0 Å². The van der Waals surface area contributed by atoms with Crippen LogP contribution in [0.3, 0.4) is 0 Å². The molecule has 64 heavy (non-hydrogen) atoms. The van der Waals surface area contributed by atoms with Crippen LogP contribution in [0, 0.1) is 0 Å². The maximum Gasteiger partial charge on any atom is -0.00203 e. The summed E-state index contributed by atoms with van der Waals surface area (Å²) >= 11 is 0. The summed E-state index contributed by atoms with van der Waals surface area (Å²) in [5, 5.41) is 23.0. The zero-order chi connectivity index (χ0) is 41.9. The molecule has 0 aromatic heterocycles. The molecular weight excluding hydrogens is 769 g/mol. The molecule has 0 heterocycles. The van der Waals surface area contributed by atoms with E-state index < -0.39 is 0 Å². The highest BCUT2D eigenvalue weighted by Gasteiger charge is 2.19. The van der Waals surface area contributed by atoms with E-state index in [1.165, 1.54) is 141 Å². The molecule has 14 rings (SSSR count). The summed E-state index contributed by atoms with van der Waals surface area (Å²) in [6, 6.07) is 86.3. The van der Waals surface area contributed by atoms with Crippen molar-refractivity contribution in [1.29, 1.82) is 0 Å². The van der Waals surface area contributed by atoms with Gasteiger partial charge in [0, 0.05) is 0 Å². The molecule has 0 saturated carbocycles. The zero-order valence-electron chi connectivity index (χ0n) is 34.9. The average Bonchev–Trinajstić information content (AvgIpc) is 3.36. The Morgan fingerprint density at radius 2 is 0.531 bits per heavy atom. The standard InChI is InChI=1S/C64H38/c1-3-15-47-39(11-1)13-9-21-49(47)43-27-29-51-45(35-43)37-61(55-19-7-5-17-53(51)55)57-31-23-41-26-34-60-58(32-24-42-25-33-59(57)63(41)64(42)60)62-38-46-36-44(28-30-52(46)54-18-6-8-20-56(54)62)50-22-10-14-40-12-2-4-16-48(40)50/h1-38H. The summed E-state index contributed by atoms with van der Waals surface area (Å²) in [5.74, 6) is 0. The maximum atomic E-state index is 2.44. The molecule has 0 heteroatoms. The van der Waals surface area contributed by atoms with Gasteiger partial charge in [0.05, 0.1) is 0 Å². The van der Waals surface area contributed by atoms with Crippen LogP contribution in [0.2, 0.25) is 0 Å². The molecule has 0 amide bonds. The van der Waals surface area contributed by atoms with E-state index in [2.05, 4.69) is 231 Å². The molecule has 0 spiro atoms. The predicted molar refractivity (Wildman–Crippen MR) is 277 cm³/mol. The number of benzene rings is 14. The van der Waals surface area contributed by atoms with Crippen molar-refractivity contribution >= 4 is 97.0 Å². The average molecular weight is 807 g/mol. The molecule has 0 nitrogen and oxygen atoms in total. The molecule has 0 unspecified atom stereocenters. The van der Waals surface area contributed by atoms with Gasteiger partial charge in [0.2, 0.25) is 0 Å². The lowest BCUT2D eigenvalue weighted by Gasteiger charge is -2.19. The van der Waals surface area contributed by atoms with Crippen molar-refractivity contribution in [2.45, 2.75) is 0 Å². The van der Waals surface area contributed by atoms with Gasteiger partial charge in [-0.05, 0) is 166 Å². The molecule has 0 radical (unpaired) electrons. The molecule has 0 bridgehead atoms. The molecule has 14 aromatic rings. The highest BCUT2D eigenvalue weighted by Crippen LogP contribution is 2.47. The van der Waals surface area contributed by atoms with Crippen molar-refractivity contribution in [2.75, 3.05) is 0 Å². The van der Waals surface area contributed by atoms with Crippen molar-refractivity contribution in [3.05, 3.63) is 231 Å². The molecule has 0 aliphatic heterocycles. The normalized spacial score (nSPS) is 12.1. The van der Waals surface area contributed by atoms with E-state index in [0.717, 1.165) is 0 Å². The Morgan fingerprint density at radius 3 is 1.00 bits per heavy atom. The second-order valence-electron chi connectivity index (χ2n) is 17.5. The first kappa shape index (κ1) is 35.3. The summed E-state index contributed by atoms with van der Waals surface area (Å²) in [7, 11) is 0. The molecular formula is C64H38. The fraction of sp³-hybridized carbons (Fsp3) is 0. The van der Waals surface area contributed by atoms with Gasteiger partial charge >= 0.3 is 0 Å². The lowest BCUT2D eigenvalue weighted by atomic mass is 9.84. The predicted octanol–water partition coefficient (Wildman–Crippen LogP) is 18.2. The molecule has 0 saturated heterocycles. The lowest BCUT2D eigenvalue weighted by Crippen LogP contribution is -1.92. The molecule has 0 fully saturated rings. The van der Waals surface area contributed by atoms with Gasteiger partial charge in [-0.25, -0.2) is 0 Å². The number of rotatable bonds is 4. The molecule has 294 valence electrons. The zero-order valence-corrected chi connectivity index (χ0v) is 34.9. The Morgan fingerprint density at radius 1 is 0.156 bits per heavy atom. The molecule has 0 aliphatic carbocycles. The molecule has 0 aliphatic rings. The summed E-state index contributed by atoms with van der Waals surface area (Å²) in [5.41, 5.74) is 10.0. The summed E-state index contributed by atoms with van der Waals surface area (Å²) in [4.78, 5) is 0. The number of hydrogen-bond acceptors (Lipinski definition) is 0. The highest BCUT2D eigenvalue weighted by molar-refractivity contribution is 6.30. The van der Waals surface area contributed by atoms with Crippen LogP contribution in [-0.4, -0.2) is 0 Å². The molecule has 0 N–H and O–H groups in total. The van der Waals surface area contributed by atoms with E-state index >= 15 is 0 Å². The van der Waals surface area contributed by atoms with E-state index in [0.29, 0.717) is 0 Å². The Hall–Kier alpha value is -8.32. The van der Waals surface area contributed by atoms with Crippen LogP contribution in [0.5, 0.6) is 0 Å². The summed E-state index contributed by atoms with van der Waals surface area (Å²) in [6.45, 7) is 0. The van der Waals surface area contributed by atoms with Gasteiger partial charge in [-0.15, -0.1) is 0 Å². The van der Waals surface area contributed by atoms with Gasteiger partial charge < -0.3 is 0 Å². The van der Waals surface area contributed by atoms with Gasteiger partial charge in [-0.1, -0.05) is 206 Å². The Balaban J connectivity index is 0.988. The topological polar surface area (TPSA) is 0 Å². The van der Waals surface area contributed by atoms with E-state index in [4.69, 9.17) is 0 Å². The third-order valence-electron chi connectivity index (χ3n) is 14.2. The van der Waals surface area contributed by atoms with Gasteiger partial charge in [0.1, 0.15) is 0 Å². The third kappa shape index (κ3) is 5.17.